The Hall–Kier alpha value is -3.06. The first kappa shape index (κ1) is 20.3. The van der Waals surface area contributed by atoms with E-state index >= 15 is 0 Å². The number of carbonyl (C=O) groups excluding carboxylic acids is 3. The molecule has 27 heavy (non-hydrogen) atoms. The summed E-state index contributed by atoms with van der Waals surface area (Å²) in [5, 5.41) is 3.04. The highest BCUT2D eigenvalue weighted by molar-refractivity contribution is 6.35. The summed E-state index contributed by atoms with van der Waals surface area (Å²) in [5.41, 5.74) is 5.38. The second-order valence-corrected chi connectivity index (χ2v) is 6.38. The number of ether oxygens (including phenoxy) is 1. The van der Waals surface area contributed by atoms with E-state index in [1.807, 2.05) is 12.1 Å². The Kier molecular flexibility index (Phi) is 7.19. The second kappa shape index (κ2) is 9.59. The lowest BCUT2D eigenvalue weighted by Crippen LogP contribution is -2.49. The molecule has 3 N–H and O–H groups in total. The molecule has 7 nitrogen and oxygen atoms in total. The molecule has 2 aromatic rings. The van der Waals surface area contributed by atoms with E-state index in [9.17, 15) is 14.4 Å². The lowest BCUT2D eigenvalue weighted by atomic mass is 10.2. The highest BCUT2D eigenvalue weighted by Crippen LogP contribution is 2.19. The van der Waals surface area contributed by atoms with Gasteiger partial charge in [0.05, 0.1) is 5.56 Å². The number of para-hydroxylation sites is 1. The number of hydrogen-bond donors (Lipinski definition) is 3. The van der Waals surface area contributed by atoms with E-state index in [0.29, 0.717) is 10.8 Å². The van der Waals surface area contributed by atoms with Gasteiger partial charge in [-0.3, -0.25) is 25.2 Å². The first-order valence-corrected chi connectivity index (χ1v) is 8.62. The van der Waals surface area contributed by atoms with Crippen LogP contribution in [0.1, 0.15) is 29.8 Å². The van der Waals surface area contributed by atoms with Gasteiger partial charge in [0.25, 0.3) is 5.91 Å². The average molecular weight is 390 g/mol. The van der Waals surface area contributed by atoms with Gasteiger partial charge in [-0.25, -0.2) is 0 Å². The molecule has 0 aromatic heterocycles. The van der Waals surface area contributed by atoms with Crippen molar-refractivity contribution in [1.29, 1.82) is 0 Å². The summed E-state index contributed by atoms with van der Waals surface area (Å²) in [4.78, 5) is 35.5. The number of hydrogen-bond acceptors (Lipinski definition) is 4. The summed E-state index contributed by atoms with van der Waals surface area (Å²) in [6.07, 6.45) is 0. The molecule has 8 heteroatoms. The predicted molar refractivity (Wildman–Crippen MR) is 101 cm³/mol. The van der Waals surface area contributed by atoms with Crippen LogP contribution in [0.3, 0.4) is 0 Å². The van der Waals surface area contributed by atoms with Crippen molar-refractivity contribution in [3.8, 4) is 5.75 Å². The van der Waals surface area contributed by atoms with E-state index in [0.717, 1.165) is 5.56 Å². The largest absolute Gasteiger partial charge is 0.488 e. The molecule has 0 fully saturated rings. The first-order valence-electron chi connectivity index (χ1n) is 8.24. The SMILES string of the molecule is CC(C)NC(=O)C(=O)NNC(=O)c1ccccc1OCc1ccc(Cl)cc1. The number of hydrazine groups is 1. The molecular weight excluding hydrogens is 370 g/mol. The third-order valence-corrected chi connectivity index (χ3v) is 3.61. The topological polar surface area (TPSA) is 96.5 Å². The van der Waals surface area contributed by atoms with E-state index < -0.39 is 17.7 Å². The number of benzene rings is 2. The Morgan fingerprint density at radius 1 is 0.963 bits per heavy atom. The lowest BCUT2D eigenvalue weighted by molar-refractivity contribution is -0.139. The third-order valence-electron chi connectivity index (χ3n) is 3.35. The standard InChI is InChI=1S/C19H20ClN3O4/c1-12(2)21-18(25)19(26)23-22-17(24)15-5-3-4-6-16(15)27-11-13-7-9-14(20)10-8-13/h3-10,12H,11H2,1-2H3,(H,21,25)(H,22,24)(H,23,26). The summed E-state index contributed by atoms with van der Waals surface area (Å²) in [5.74, 6) is -2.06. The van der Waals surface area contributed by atoms with Gasteiger partial charge in [-0.05, 0) is 43.7 Å². The highest BCUT2D eigenvalue weighted by Gasteiger charge is 2.17. The quantitative estimate of drug-likeness (QED) is 0.539. The summed E-state index contributed by atoms with van der Waals surface area (Å²) < 4.78 is 5.70. The molecule has 0 atom stereocenters. The maximum Gasteiger partial charge on any atom is 0.327 e. The molecule has 2 rings (SSSR count). The van der Waals surface area contributed by atoms with E-state index in [2.05, 4.69) is 16.2 Å². The van der Waals surface area contributed by atoms with Crippen LogP contribution in [0, 0.1) is 0 Å². The molecule has 0 heterocycles. The molecule has 3 amide bonds. The summed E-state index contributed by atoms with van der Waals surface area (Å²) in [7, 11) is 0. The van der Waals surface area contributed by atoms with Gasteiger partial charge in [0.1, 0.15) is 12.4 Å². The molecule has 0 aliphatic heterocycles. The van der Waals surface area contributed by atoms with Crippen molar-refractivity contribution >= 4 is 29.3 Å². The third kappa shape index (κ3) is 6.31. The van der Waals surface area contributed by atoms with Gasteiger partial charge in [-0.15, -0.1) is 0 Å². The van der Waals surface area contributed by atoms with Gasteiger partial charge in [0, 0.05) is 11.1 Å². The zero-order valence-corrected chi connectivity index (χ0v) is 15.7. The fourth-order valence-corrected chi connectivity index (χ4v) is 2.21. The Morgan fingerprint density at radius 3 is 2.30 bits per heavy atom. The van der Waals surface area contributed by atoms with E-state index in [1.54, 1.807) is 50.2 Å². The second-order valence-electron chi connectivity index (χ2n) is 5.95. The maximum atomic E-state index is 12.3. The van der Waals surface area contributed by atoms with Crippen LogP contribution in [0.4, 0.5) is 0 Å². The number of amides is 3. The number of nitrogens with one attached hydrogen (secondary N) is 3. The number of rotatable bonds is 5. The Bertz CT molecular complexity index is 822. The normalized spacial score (nSPS) is 10.2. The van der Waals surface area contributed by atoms with Crippen LogP contribution in [0.15, 0.2) is 48.5 Å². The minimum absolute atomic E-state index is 0.194. The van der Waals surface area contributed by atoms with Crippen LogP contribution in [-0.4, -0.2) is 23.8 Å². The van der Waals surface area contributed by atoms with Crippen LogP contribution in [0.25, 0.3) is 0 Å². The fraction of sp³-hybridized carbons (Fsp3) is 0.211. The predicted octanol–water partition coefficient (Wildman–Crippen LogP) is 2.20. The highest BCUT2D eigenvalue weighted by atomic mass is 35.5. The molecule has 0 bridgehead atoms. The van der Waals surface area contributed by atoms with Gasteiger partial charge in [-0.2, -0.15) is 0 Å². The van der Waals surface area contributed by atoms with Crippen molar-refractivity contribution in [3.05, 3.63) is 64.7 Å². The van der Waals surface area contributed by atoms with Crippen molar-refractivity contribution in [2.45, 2.75) is 26.5 Å². The smallest absolute Gasteiger partial charge is 0.327 e. The first-order chi connectivity index (χ1) is 12.9. The molecule has 0 radical (unpaired) electrons. The van der Waals surface area contributed by atoms with Crippen LogP contribution in [-0.2, 0) is 16.2 Å². The van der Waals surface area contributed by atoms with Crippen molar-refractivity contribution in [3.63, 3.8) is 0 Å². The number of halogens is 1. The van der Waals surface area contributed by atoms with Gasteiger partial charge in [0.2, 0.25) is 0 Å². The molecule has 0 saturated carbocycles. The van der Waals surface area contributed by atoms with E-state index in [4.69, 9.17) is 16.3 Å². The minimum atomic E-state index is -0.961. The average Bonchev–Trinajstić information content (AvgIpc) is 2.65. The van der Waals surface area contributed by atoms with Crippen molar-refractivity contribution in [2.75, 3.05) is 0 Å². The van der Waals surface area contributed by atoms with Gasteiger partial charge in [0.15, 0.2) is 0 Å². The molecule has 0 unspecified atom stereocenters. The molecule has 142 valence electrons. The Morgan fingerprint density at radius 2 is 1.63 bits per heavy atom. The summed E-state index contributed by atoms with van der Waals surface area (Å²) in [6, 6.07) is 13.5. The lowest BCUT2D eigenvalue weighted by Gasteiger charge is -2.13. The van der Waals surface area contributed by atoms with E-state index in [-0.39, 0.29) is 18.2 Å². The zero-order chi connectivity index (χ0) is 19.8. The van der Waals surface area contributed by atoms with Crippen LogP contribution < -0.4 is 20.9 Å². The van der Waals surface area contributed by atoms with Gasteiger partial charge in [-0.1, -0.05) is 35.9 Å². The van der Waals surface area contributed by atoms with Crippen LogP contribution >= 0.6 is 11.6 Å². The number of carbonyl (C=O) groups is 3. The Labute approximate surface area is 162 Å². The summed E-state index contributed by atoms with van der Waals surface area (Å²) in [6.45, 7) is 3.68. The minimum Gasteiger partial charge on any atom is -0.488 e. The molecule has 0 spiro atoms. The molecule has 0 aliphatic rings. The molecule has 0 saturated heterocycles. The van der Waals surface area contributed by atoms with Crippen molar-refractivity contribution in [2.24, 2.45) is 0 Å². The van der Waals surface area contributed by atoms with Crippen LogP contribution in [0.5, 0.6) is 5.75 Å². The fourth-order valence-electron chi connectivity index (χ4n) is 2.09. The summed E-state index contributed by atoms with van der Waals surface area (Å²) >= 11 is 5.85. The van der Waals surface area contributed by atoms with Gasteiger partial charge >= 0.3 is 11.8 Å². The van der Waals surface area contributed by atoms with E-state index in [1.165, 1.54) is 0 Å². The zero-order valence-electron chi connectivity index (χ0n) is 14.9. The molecule has 0 aliphatic carbocycles. The maximum absolute atomic E-state index is 12.3. The van der Waals surface area contributed by atoms with Crippen LogP contribution in [0.2, 0.25) is 5.02 Å². The van der Waals surface area contributed by atoms with Crippen molar-refractivity contribution < 1.29 is 19.1 Å². The monoisotopic (exact) mass is 389 g/mol. The molecule has 2 aromatic carbocycles. The van der Waals surface area contributed by atoms with Crippen molar-refractivity contribution in [1.82, 2.24) is 16.2 Å². The Balaban J connectivity index is 1.97. The molecular formula is C19H20ClN3O4. The van der Waals surface area contributed by atoms with Gasteiger partial charge < -0.3 is 10.1 Å².